The van der Waals surface area contributed by atoms with Crippen molar-refractivity contribution in [2.45, 2.75) is 43.0 Å². The molecule has 5 rings (SSSR count). The molecule has 1 atom stereocenters. The Morgan fingerprint density at radius 2 is 1.84 bits per heavy atom. The van der Waals surface area contributed by atoms with E-state index in [1.54, 1.807) is 18.2 Å². The van der Waals surface area contributed by atoms with Crippen molar-refractivity contribution < 1.29 is 35.6 Å². The van der Waals surface area contributed by atoms with E-state index in [2.05, 4.69) is 10.5 Å². The smallest absolute Gasteiger partial charge is 0.388 e. The maximum absolute atomic E-state index is 13.0. The summed E-state index contributed by atoms with van der Waals surface area (Å²) in [6.45, 7) is 1.77. The van der Waals surface area contributed by atoms with Crippen LogP contribution in [-0.2, 0) is 35.7 Å². The van der Waals surface area contributed by atoms with Gasteiger partial charge in [0, 0.05) is 45.2 Å². The molecule has 202 valence electrons. The van der Waals surface area contributed by atoms with Gasteiger partial charge < -0.3 is 14.6 Å². The van der Waals surface area contributed by atoms with Crippen LogP contribution in [0.4, 0.5) is 18.0 Å². The third-order valence-electron chi connectivity index (χ3n) is 6.61. The zero-order valence-electron chi connectivity index (χ0n) is 20.1. The molecule has 0 bridgehead atoms. The standard InChI is InChI=1S/C25H25F3N4O5S/c26-25(27,28)18-8-6-17(7-9-18)14-31-12-10-19(15-31)29-24(33)36-23-21-16-32(13-11-22(21)37-30-23)38(34,35)20-4-2-1-3-5-20/h1-9,19H,10-16H2,(H,29,33). The van der Waals surface area contributed by atoms with E-state index in [0.717, 1.165) is 17.7 Å². The van der Waals surface area contributed by atoms with Crippen molar-refractivity contribution in [1.82, 2.24) is 19.7 Å². The second-order valence-corrected chi connectivity index (χ2v) is 11.2. The predicted molar refractivity (Wildman–Crippen MR) is 129 cm³/mol. The largest absolute Gasteiger partial charge is 0.416 e. The highest BCUT2D eigenvalue weighted by atomic mass is 32.2. The van der Waals surface area contributed by atoms with E-state index in [1.165, 1.54) is 28.6 Å². The number of amides is 1. The first-order valence-corrected chi connectivity index (χ1v) is 13.4. The molecule has 2 aliphatic rings. The van der Waals surface area contributed by atoms with Crippen molar-refractivity contribution in [3.8, 4) is 5.88 Å². The summed E-state index contributed by atoms with van der Waals surface area (Å²) in [5.74, 6) is 0.390. The molecule has 9 nitrogen and oxygen atoms in total. The summed E-state index contributed by atoms with van der Waals surface area (Å²) in [5, 5.41) is 6.60. The number of halogens is 3. The zero-order valence-corrected chi connectivity index (χ0v) is 21.0. The van der Waals surface area contributed by atoms with Crippen LogP contribution < -0.4 is 10.1 Å². The molecule has 2 aromatic carbocycles. The van der Waals surface area contributed by atoms with Gasteiger partial charge in [-0.05, 0) is 41.4 Å². The molecule has 0 radical (unpaired) electrons. The number of nitrogens with zero attached hydrogens (tertiary/aromatic N) is 3. The first-order chi connectivity index (χ1) is 18.1. The number of nitrogens with one attached hydrogen (secondary N) is 1. The number of carbonyl (C=O) groups is 1. The zero-order chi connectivity index (χ0) is 26.9. The average Bonchev–Trinajstić information content (AvgIpc) is 3.50. The van der Waals surface area contributed by atoms with E-state index in [9.17, 15) is 26.4 Å². The van der Waals surface area contributed by atoms with Gasteiger partial charge in [-0.1, -0.05) is 30.3 Å². The molecule has 2 aliphatic heterocycles. The molecule has 0 aliphatic carbocycles. The lowest BCUT2D eigenvalue weighted by Gasteiger charge is -2.25. The van der Waals surface area contributed by atoms with Crippen LogP contribution in [-0.4, -0.2) is 54.5 Å². The van der Waals surface area contributed by atoms with Gasteiger partial charge in [0.1, 0.15) is 5.76 Å². The summed E-state index contributed by atoms with van der Waals surface area (Å²) in [6, 6.07) is 12.9. The lowest BCUT2D eigenvalue weighted by atomic mass is 10.1. The summed E-state index contributed by atoms with van der Waals surface area (Å²) in [4.78, 5) is 14.8. The Hall–Kier alpha value is -3.42. The van der Waals surface area contributed by atoms with E-state index >= 15 is 0 Å². The minimum absolute atomic E-state index is 0.0387. The Balaban J connectivity index is 1.16. The maximum atomic E-state index is 13.0. The number of hydrogen-bond acceptors (Lipinski definition) is 7. The van der Waals surface area contributed by atoms with Crippen LogP contribution in [0.5, 0.6) is 5.88 Å². The molecule has 1 saturated heterocycles. The predicted octanol–water partition coefficient (Wildman–Crippen LogP) is 3.80. The van der Waals surface area contributed by atoms with Gasteiger partial charge in [0.25, 0.3) is 5.88 Å². The lowest BCUT2D eigenvalue weighted by Crippen LogP contribution is -2.39. The SMILES string of the molecule is O=C(NC1CCN(Cc2ccc(C(F)(F)F)cc2)C1)Oc1noc2c1CN(S(=O)(=O)c1ccccc1)CC2. The normalized spacial score (nSPS) is 18.8. The summed E-state index contributed by atoms with van der Waals surface area (Å²) < 4.78 is 76.3. The Labute approximate surface area is 217 Å². The number of aromatic nitrogens is 1. The molecule has 1 amide bonds. The van der Waals surface area contributed by atoms with Crippen molar-refractivity contribution in [2.24, 2.45) is 0 Å². The first-order valence-electron chi connectivity index (χ1n) is 12.0. The lowest BCUT2D eigenvalue weighted by molar-refractivity contribution is -0.137. The molecule has 38 heavy (non-hydrogen) atoms. The highest BCUT2D eigenvalue weighted by Gasteiger charge is 2.34. The van der Waals surface area contributed by atoms with E-state index in [0.29, 0.717) is 43.8 Å². The van der Waals surface area contributed by atoms with E-state index < -0.39 is 27.9 Å². The summed E-state index contributed by atoms with van der Waals surface area (Å²) >= 11 is 0. The first kappa shape index (κ1) is 26.2. The molecule has 1 unspecified atom stereocenters. The molecule has 1 fully saturated rings. The fourth-order valence-corrected chi connectivity index (χ4v) is 6.05. The molecular formula is C25H25F3N4O5S. The van der Waals surface area contributed by atoms with E-state index in [4.69, 9.17) is 9.26 Å². The maximum Gasteiger partial charge on any atom is 0.416 e. The average molecular weight is 551 g/mol. The summed E-state index contributed by atoms with van der Waals surface area (Å²) in [6.07, 6.45) is -4.19. The van der Waals surface area contributed by atoms with E-state index in [-0.39, 0.29) is 29.9 Å². The minimum Gasteiger partial charge on any atom is -0.388 e. The van der Waals surface area contributed by atoms with Gasteiger partial charge in [0.15, 0.2) is 0 Å². The molecule has 3 aromatic rings. The van der Waals surface area contributed by atoms with Gasteiger partial charge in [-0.3, -0.25) is 4.90 Å². The van der Waals surface area contributed by atoms with Crippen LogP contribution >= 0.6 is 0 Å². The number of ether oxygens (including phenoxy) is 1. The number of hydrogen-bond donors (Lipinski definition) is 1. The third-order valence-corrected chi connectivity index (χ3v) is 8.47. The number of likely N-dealkylation sites (tertiary alicyclic amines) is 1. The van der Waals surface area contributed by atoms with E-state index in [1.807, 2.05) is 4.90 Å². The minimum atomic E-state index is -4.38. The molecule has 0 saturated carbocycles. The molecule has 1 N–H and O–H groups in total. The molecular weight excluding hydrogens is 525 g/mol. The van der Waals surface area contributed by atoms with Gasteiger partial charge in [0.2, 0.25) is 10.0 Å². The van der Waals surface area contributed by atoms with Gasteiger partial charge in [-0.25, -0.2) is 13.2 Å². The van der Waals surface area contributed by atoms with Crippen molar-refractivity contribution in [1.29, 1.82) is 0 Å². The molecule has 3 heterocycles. The second kappa shape index (κ2) is 10.4. The Kier molecular flexibility index (Phi) is 7.16. The molecule has 13 heteroatoms. The topological polar surface area (TPSA) is 105 Å². The second-order valence-electron chi connectivity index (χ2n) is 9.24. The Bertz CT molecular complexity index is 1390. The Morgan fingerprint density at radius 1 is 1.11 bits per heavy atom. The fourth-order valence-electron chi connectivity index (χ4n) is 4.62. The van der Waals surface area contributed by atoms with Gasteiger partial charge in [0.05, 0.1) is 16.0 Å². The van der Waals surface area contributed by atoms with Crippen molar-refractivity contribution in [2.75, 3.05) is 19.6 Å². The summed E-state index contributed by atoms with van der Waals surface area (Å²) in [7, 11) is -3.74. The monoisotopic (exact) mass is 550 g/mol. The number of rotatable bonds is 6. The van der Waals surface area contributed by atoms with Crippen molar-refractivity contribution in [3.63, 3.8) is 0 Å². The number of alkyl halides is 3. The number of sulfonamides is 1. The van der Waals surface area contributed by atoms with Gasteiger partial charge in [-0.2, -0.15) is 17.5 Å². The van der Waals surface area contributed by atoms with Crippen LogP contribution in [0.25, 0.3) is 0 Å². The number of carbonyl (C=O) groups excluding carboxylic acids is 1. The quantitative estimate of drug-likeness (QED) is 0.498. The number of benzene rings is 2. The van der Waals surface area contributed by atoms with Gasteiger partial charge >= 0.3 is 12.3 Å². The molecule has 0 spiro atoms. The van der Waals surface area contributed by atoms with Crippen LogP contribution in [0.1, 0.15) is 28.9 Å². The van der Waals surface area contributed by atoms with Crippen LogP contribution in [0.2, 0.25) is 0 Å². The highest BCUT2D eigenvalue weighted by Crippen LogP contribution is 2.31. The summed E-state index contributed by atoms with van der Waals surface area (Å²) in [5.41, 5.74) is 0.451. The molecule has 1 aromatic heterocycles. The number of fused-ring (bicyclic) bond motifs is 1. The van der Waals surface area contributed by atoms with Crippen LogP contribution in [0.3, 0.4) is 0 Å². The highest BCUT2D eigenvalue weighted by molar-refractivity contribution is 7.89. The van der Waals surface area contributed by atoms with Crippen molar-refractivity contribution in [3.05, 3.63) is 77.0 Å². The van der Waals surface area contributed by atoms with Crippen molar-refractivity contribution >= 4 is 16.1 Å². The van der Waals surface area contributed by atoms with Gasteiger partial charge in [-0.15, -0.1) is 0 Å². The third kappa shape index (κ3) is 5.69. The fraction of sp³-hybridized carbons (Fsp3) is 0.360. The Morgan fingerprint density at radius 3 is 2.55 bits per heavy atom. The van der Waals surface area contributed by atoms with Crippen LogP contribution in [0.15, 0.2) is 64.0 Å². The van der Waals surface area contributed by atoms with Crippen LogP contribution in [0, 0.1) is 0 Å².